The number of carbonyl (C=O) groups is 1. The van der Waals surface area contributed by atoms with E-state index in [1.807, 2.05) is 53.0 Å². The smallest absolute Gasteiger partial charge is 0.318 e. The average molecular weight is 386 g/mol. The molecule has 0 radical (unpaired) electrons. The molecule has 0 aliphatic rings. The molecule has 1 N–H and O–H groups in total. The molecule has 0 spiro atoms. The number of benzene rings is 1. The highest BCUT2D eigenvalue weighted by molar-refractivity contribution is 5.75. The van der Waals surface area contributed by atoms with E-state index in [0.29, 0.717) is 12.5 Å². The summed E-state index contributed by atoms with van der Waals surface area (Å²) in [6.45, 7) is 12.9. The second-order valence-electron chi connectivity index (χ2n) is 7.56. The maximum atomic E-state index is 13.2. The van der Waals surface area contributed by atoms with Crippen LogP contribution in [-0.2, 0) is 7.05 Å². The molecule has 1 atom stereocenters. The highest BCUT2D eigenvalue weighted by Gasteiger charge is 2.24. The molecule has 1 heterocycles. The minimum atomic E-state index is -0.281. The summed E-state index contributed by atoms with van der Waals surface area (Å²) < 4.78 is 1.96. The van der Waals surface area contributed by atoms with E-state index in [-0.39, 0.29) is 12.1 Å². The summed E-state index contributed by atoms with van der Waals surface area (Å²) in [6.07, 6.45) is 3.67. The largest absolute Gasteiger partial charge is 0.336 e. The summed E-state index contributed by atoms with van der Waals surface area (Å²) in [5.74, 6) is 1.23. The van der Waals surface area contributed by atoms with Crippen LogP contribution in [-0.4, -0.2) is 58.1 Å². The summed E-state index contributed by atoms with van der Waals surface area (Å²) in [5, 5.41) is 3.23. The monoisotopic (exact) mass is 385 g/mol. The molecule has 2 rings (SSSR count). The normalized spacial score (nSPS) is 12.4. The lowest BCUT2D eigenvalue weighted by Crippen LogP contribution is -2.47. The van der Waals surface area contributed by atoms with Crippen LogP contribution in [0.15, 0.2) is 42.7 Å². The number of imidazole rings is 1. The Labute approximate surface area is 169 Å². The lowest BCUT2D eigenvalue weighted by Gasteiger charge is -2.30. The minimum Gasteiger partial charge on any atom is -0.336 e. The number of hydrogen-bond acceptors (Lipinski definition) is 3. The average Bonchev–Trinajstić information content (AvgIpc) is 3.11. The quantitative estimate of drug-likeness (QED) is 0.681. The van der Waals surface area contributed by atoms with Crippen LogP contribution in [0.5, 0.6) is 0 Å². The van der Waals surface area contributed by atoms with Crippen molar-refractivity contribution in [2.75, 3.05) is 32.7 Å². The van der Waals surface area contributed by atoms with Gasteiger partial charge in [-0.1, -0.05) is 58.0 Å². The number of hydrogen-bond donors (Lipinski definition) is 1. The topological polar surface area (TPSA) is 53.4 Å². The van der Waals surface area contributed by atoms with Gasteiger partial charge in [-0.05, 0) is 24.6 Å². The van der Waals surface area contributed by atoms with Crippen molar-refractivity contribution in [3.63, 3.8) is 0 Å². The van der Waals surface area contributed by atoms with Crippen LogP contribution in [0.3, 0.4) is 0 Å². The Morgan fingerprint density at radius 2 is 1.82 bits per heavy atom. The highest BCUT2D eigenvalue weighted by Crippen LogP contribution is 2.20. The molecule has 0 saturated heterocycles. The van der Waals surface area contributed by atoms with Gasteiger partial charge in [-0.2, -0.15) is 0 Å². The molecular formula is C22H35N5O. The van der Waals surface area contributed by atoms with Crippen molar-refractivity contribution in [3.8, 4) is 0 Å². The lowest BCUT2D eigenvalue weighted by molar-refractivity contribution is 0.175. The van der Waals surface area contributed by atoms with Gasteiger partial charge in [0.05, 0.1) is 0 Å². The molecule has 154 valence electrons. The first-order valence-electron chi connectivity index (χ1n) is 10.3. The van der Waals surface area contributed by atoms with Crippen molar-refractivity contribution in [2.45, 2.75) is 33.7 Å². The number of nitrogens with zero attached hydrogens (tertiary/aromatic N) is 4. The molecule has 28 heavy (non-hydrogen) atoms. The first kappa shape index (κ1) is 22.0. The van der Waals surface area contributed by atoms with Gasteiger partial charge in [-0.15, -0.1) is 0 Å². The van der Waals surface area contributed by atoms with Crippen molar-refractivity contribution in [1.29, 1.82) is 0 Å². The molecule has 1 aromatic heterocycles. The number of amides is 2. The maximum Gasteiger partial charge on any atom is 0.318 e. The molecule has 2 amide bonds. The second kappa shape index (κ2) is 10.9. The van der Waals surface area contributed by atoms with Gasteiger partial charge in [0.2, 0.25) is 0 Å². The molecule has 0 aliphatic carbocycles. The third-order valence-corrected chi connectivity index (χ3v) is 4.97. The molecule has 6 nitrogen and oxygen atoms in total. The van der Waals surface area contributed by atoms with Gasteiger partial charge in [0.1, 0.15) is 11.9 Å². The van der Waals surface area contributed by atoms with Crippen molar-refractivity contribution in [3.05, 3.63) is 54.1 Å². The summed E-state index contributed by atoms with van der Waals surface area (Å²) in [6, 6.07) is 9.70. The maximum absolute atomic E-state index is 13.2. The zero-order valence-corrected chi connectivity index (χ0v) is 17.9. The number of urea groups is 1. The fourth-order valence-corrected chi connectivity index (χ4v) is 3.33. The van der Waals surface area contributed by atoms with Crippen LogP contribution in [0.2, 0.25) is 0 Å². The third-order valence-electron chi connectivity index (χ3n) is 4.97. The first-order chi connectivity index (χ1) is 13.5. The van der Waals surface area contributed by atoms with Crippen LogP contribution in [0.1, 0.15) is 45.1 Å². The Bertz CT molecular complexity index is 709. The van der Waals surface area contributed by atoms with Gasteiger partial charge in [-0.3, -0.25) is 0 Å². The molecule has 1 unspecified atom stereocenters. The SMILES string of the molecule is CCN(CC)CCN(CC(C)C)C(=O)NC(c1ccccc1)c1nccn1C. The molecule has 0 aliphatic heterocycles. The molecule has 1 aromatic carbocycles. The van der Waals surface area contributed by atoms with Crippen molar-refractivity contribution in [2.24, 2.45) is 13.0 Å². The van der Waals surface area contributed by atoms with E-state index >= 15 is 0 Å². The Morgan fingerprint density at radius 1 is 1.14 bits per heavy atom. The van der Waals surface area contributed by atoms with Gasteiger partial charge in [-0.25, -0.2) is 9.78 Å². The van der Waals surface area contributed by atoms with Crippen LogP contribution < -0.4 is 5.32 Å². The second-order valence-corrected chi connectivity index (χ2v) is 7.56. The number of aryl methyl sites for hydroxylation is 1. The van der Waals surface area contributed by atoms with Crippen molar-refractivity contribution < 1.29 is 4.79 Å². The van der Waals surface area contributed by atoms with Crippen LogP contribution in [0.25, 0.3) is 0 Å². The summed E-state index contributed by atoms with van der Waals surface area (Å²) in [4.78, 5) is 22.0. The van der Waals surface area contributed by atoms with E-state index in [1.54, 1.807) is 6.20 Å². The Morgan fingerprint density at radius 3 is 2.36 bits per heavy atom. The standard InChI is InChI=1S/C22H35N5O/c1-6-26(7-2)15-16-27(17-18(3)4)22(28)24-20(19-11-9-8-10-12-19)21-23-13-14-25(21)5/h8-14,18,20H,6-7,15-17H2,1-5H3,(H,24,28). The highest BCUT2D eigenvalue weighted by atomic mass is 16.2. The summed E-state index contributed by atoms with van der Waals surface area (Å²) >= 11 is 0. The van der Waals surface area contributed by atoms with E-state index < -0.39 is 0 Å². The fourth-order valence-electron chi connectivity index (χ4n) is 3.33. The van der Waals surface area contributed by atoms with Gasteiger partial charge >= 0.3 is 6.03 Å². The van der Waals surface area contributed by atoms with E-state index in [1.165, 1.54) is 0 Å². The zero-order valence-electron chi connectivity index (χ0n) is 17.9. The van der Waals surface area contributed by atoms with E-state index in [0.717, 1.165) is 37.6 Å². The van der Waals surface area contributed by atoms with Gasteiger partial charge in [0.15, 0.2) is 0 Å². The zero-order chi connectivity index (χ0) is 20.5. The van der Waals surface area contributed by atoms with Gasteiger partial charge in [0.25, 0.3) is 0 Å². The van der Waals surface area contributed by atoms with Crippen LogP contribution in [0.4, 0.5) is 4.79 Å². The Balaban J connectivity index is 2.19. The van der Waals surface area contributed by atoms with Crippen LogP contribution >= 0.6 is 0 Å². The van der Waals surface area contributed by atoms with E-state index in [2.05, 4.69) is 42.9 Å². The van der Waals surface area contributed by atoms with Crippen LogP contribution in [0, 0.1) is 5.92 Å². The number of carbonyl (C=O) groups excluding carboxylic acids is 1. The van der Waals surface area contributed by atoms with Crippen molar-refractivity contribution in [1.82, 2.24) is 24.7 Å². The molecule has 0 fully saturated rings. The Hall–Kier alpha value is -2.34. The molecule has 0 saturated carbocycles. The Kier molecular flexibility index (Phi) is 8.51. The predicted octanol–water partition coefficient (Wildman–Crippen LogP) is 3.52. The summed E-state index contributed by atoms with van der Waals surface area (Å²) in [5.41, 5.74) is 1.03. The van der Waals surface area contributed by atoms with E-state index in [9.17, 15) is 4.79 Å². The third kappa shape index (κ3) is 6.09. The lowest BCUT2D eigenvalue weighted by atomic mass is 10.1. The molecule has 6 heteroatoms. The number of likely N-dealkylation sites (N-methyl/N-ethyl adjacent to an activating group) is 1. The molecular weight excluding hydrogens is 350 g/mol. The fraction of sp³-hybridized carbons (Fsp3) is 0.545. The molecule has 2 aromatic rings. The first-order valence-corrected chi connectivity index (χ1v) is 10.3. The molecule has 0 bridgehead atoms. The van der Waals surface area contributed by atoms with Crippen molar-refractivity contribution >= 4 is 6.03 Å². The predicted molar refractivity (Wildman–Crippen MR) is 114 cm³/mol. The van der Waals surface area contributed by atoms with Gasteiger partial charge < -0.3 is 19.7 Å². The summed E-state index contributed by atoms with van der Waals surface area (Å²) in [7, 11) is 1.96. The van der Waals surface area contributed by atoms with E-state index in [4.69, 9.17) is 0 Å². The minimum absolute atomic E-state index is 0.0438. The number of rotatable bonds is 10. The van der Waals surface area contributed by atoms with Gasteiger partial charge in [0, 0.05) is 39.1 Å². The number of aromatic nitrogens is 2. The number of nitrogens with one attached hydrogen (secondary N) is 1.